The van der Waals surface area contributed by atoms with Gasteiger partial charge in [-0.1, -0.05) is 43.0 Å². The summed E-state index contributed by atoms with van der Waals surface area (Å²) in [6.07, 6.45) is 5.18. The normalized spacial score (nSPS) is 21.2. The Morgan fingerprint density at radius 3 is 2.44 bits per heavy atom. The molecule has 0 bridgehead atoms. The second-order valence-corrected chi connectivity index (χ2v) is 7.15. The summed E-state index contributed by atoms with van der Waals surface area (Å²) in [5.41, 5.74) is 1.49. The van der Waals surface area contributed by atoms with E-state index in [1.54, 1.807) is 0 Å². The Morgan fingerprint density at radius 1 is 1.38 bits per heavy atom. The van der Waals surface area contributed by atoms with Crippen molar-refractivity contribution in [2.75, 3.05) is 7.05 Å². The van der Waals surface area contributed by atoms with Crippen molar-refractivity contribution in [1.29, 1.82) is 0 Å². The Hall–Kier alpha value is 0.240. The largest absolute Gasteiger partial charge is 0.312 e. The van der Waals surface area contributed by atoms with E-state index in [4.69, 9.17) is 23.2 Å². The van der Waals surface area contributed by atoms with Gasteiger partial charge >= 0.3 is 0 Å². The molecule has 0 aliphatic heterocycles. The van der Waals surface area contributed by atoms with Crippen LogP contribution in [0.5, 0.6) is 0 Å². The van der Waals surface area contributed by atoms with Crippen LogP contribution in [-0.2, 0) is 0 Å². The van der Waals surface area contributed by atoms with Gasteiger partial charge < -0.3 is 5.32 Å². The summed E-state index contributed by atoms with van der Waals surface area (Å²) >= 11 is 13.7. The number of rotatable bonds is 3. The summed E-state index contributed by atoms with van der Waals surface area (Å²) in [5, 5.41) is 3.42. The summed E-state index contributed by atoms with van der Waals surface area (Å²) in [6.45, 7) is 2.35. The van der Waals surface area contributed by atoms with Crippen molar-refractivity contribution in [2.45, 2.75) is 38.6 Å². The van der Waals surface area contributed by atoms with Crippen LogP contribution in [0.25, 0.3) is 0 Å². The maximum absolute atomic E-state index is 6.25. The first-order valence-corrected chi connectivity index (χ1v) is 7.26. The number of thiophene rings is 1. The zero-order chi connectivity index (χ0) is 11.8. The molecule has 1 fully saturated rings. The topological polar surface area (TPSA) is 12.0 Å². The van der Waals surface area contributed by atoms with Crippen LogP contribution < -0.4 is 5.32 Å². The fourth-order valence-corrected chi connectivity index (χ4v) is 4.43. The molecule has 90 valence electrons. The molecule has 1 nitrogen and oxygen atoms in total. The highest BCUT2D eigenvalue weighted by Gasteiger charge is 2.38. The van der Waals surface area contributed by atoms with Gasteiger partial charge in [0, 0.05) is 11.6 Å². The Balaban J connectivity index is 2.32. The van der Waals surface area contributed by atoms with Gasteiger partial charge in [-0.25, -0.2) is 0 Å². The predicted molar refractivity (Wildman–Crippen MR) is 72.7 cm³/mol. The zero-order valence-corrected chi connectivity index (χ0v) is 12.0. The van der Waals surface area contributed by atoms with Gasteiger partial charge in [-0.15, -0.1) is 11.3 Å². The molecule has 16 heavy (non-hydrogen) atoms. The molecule has 0 saturated heterocycles. The van der Waals surface area contributed by atoms with Crippen LogP contribution in [0.2, 0.25) is 8.67 Å². The molecule has 1 atom stereocenters. The average Bonchev–Trinajstić information content (AvgIpc) is 2.76. The quantitative estimate of drug-likeness (QED) is 0.829. The Morgan fingerprint density at radius 2 is 2.00 bits per heavy atom. The molecule has 0 aromatic carbocycles. The van der Waals surface area contributed by atoms with Crippen molar-refractivity contribution in [3.05, 3.63) is 20.3 Å². The first kappa shape index (κ1) is 12.7. The van der Waals surface area contributed by atoms with Crippen LogP contribution in [0.4, 0.5) is 0 Å². The SMILES string of the molecule is CNC(c1cc(Cl)sc1Cl)C1(C)CCCC1. The van der Waals surface area contributed by atoms with Gasteiger partial charge in [-0.3, -0.25) is 0 Å². The minimum atomic E-state index is 0.322. The Labute approximate surface area is 111 Å². The van der Waals surface area contributed by atoms with Crippen LogP contribution in [0.1, 0.15) is 44.2 Å². The summed E-state index contributed by atoms with van der Waals surface area (Å²) in [7, 11) is 2.01. The molecule has 1 aromatic heterocycles. The number of halogens is 2. The molecule has 0 amide bonds. The van der Waals surface area contributed by atoms with Gasteiger partial charge in [0.25, 0.3) is 0 Å². The first-order chi connectivity index (χ1) is 7.57. The van der Waals surface area contributed by atoms with E-state index in [0.717, 1.165) is 8.67 Å². The smallest absolute Gasteiger partial charge is 0.0992 e. The van der Waals surface area contributed by atoms with E-state index in [9.17, 15) is 0 Å². The summed E-state index contributed by atoms with van der Waals surface area (Å²) in [4.78, 5) is 0. The maximum atomic E-state index is 6.25. The Kier molecular flexibility index (Phi) is 3.85. The minimum Gasteiger partial charge on any atom is -0.312 e. The fourth-order valence-electron chi connectivity index (χ4n) is 2.90. The highest BCUT2D eigenvalue weighted by Crippen LogP contribution is 2.50. The third-order valence-corrected chi connectivity index (χ3v) is 5.24. The van der Waals surface area contributed by atoms with Crippen molar-refractivity contribution in [2.24, 2.45) is 5.41 Å². The van der Waals surface area contributed by atoms with Crippen LogP contribution in [-0.4, -0.2) is 7.05 Å². The lowest BCUT2D eigenvalue weighted by Crippen LogP contribution is -2.32. The maximum Gasteiger partial charge on any atom is 0.0992 e. The van der Waals surface area contributed by atoms with Gasteiger partial charge in [0.15, 0.2) is 0 Å². The molecule has 1 aliphatic carbocycles. The van der Waals surface area contributed by atoms with Crippen LogP contribution in [0.15, 0.2) is 6.07 Å². The van der Waals surface area contributed by atoms with E-state index >= 15 is 0 Å². The fraction of sp³-hybridized carbons (Fsp3) is 0.667. The van der Waals surface area contributed by atoms with Crippen molar-refractivity contribution in [1.82, 2.24) is 5.32 Å². The van der Waals surface area contributed by atoms with Gasteiger partial charge in [0.05, 0.1) is 8.67 Å². The predicted octanol–water partition coefficient (Wildman–Crippen LogP) is 4.90. The van der Waals surface area contributed by atoms with Crippen molar-refractivity contribution in [3.8, 4) is 0 Å². The first-order valence-electron chi connectivity index (χ1n) is 5.69. The monoisotopic (exact) mass is 277 g/mol. The summed E-state index contributed by atoms with van der Waals surface area (Å²) < 4.78 is 1.61. The summed E-state index contributed by atoms with van der Waals surface area (Å²) in [6, 6.07) is 2.34. The lowest BCUT2D eigenvalue weighted by Gasteiger charge is -2.34. The number of nitrogens with one attached hydrogen (secondary N) is 1. The molecule has 0 spiro atoms. The zero-order valence-electron chi connectivity index (χ0n) is 9.65. The standard InChI is InChI=1S/C12H17Cl2NS/c1-12(5-3-4-6-12)10(15-2)8-7-9(13)16-11(8)14/h7,10,15H,3-6H2,1-2H3. The number of hydrogen-bond acceptors (Lipinski definition) is 2. The van der Waals surface area contributed by atoms with E-state index in [-0.39, 0.29) is 0 Å². The average molecular weight is 278 g/mol. The van der Waals surface area contributed by atoms with Crippen LogP contribution >= 0.6 is 34.5 Å². The lowest BCUT2D eigenvalue weighted by molar-refractivity contribution is 0.234. The molecular formula is C12H17Cl2NS. The second-order valence-electron chi connectivity index (χ2n) is 4.86. The molecule has 0 radical (unpaired) electrons. The lowest BCUT2D eigenvalue weighted by atomic mass is 9.78. The van der Waals surface area contributed by atoms with Crippen LogP contribution in [0, 0.1) is 5.41 Å². The molecule has 1 unspecified atom stereocenters. The molecule has 1 heterocycles. The Bertz CT molecular complexity index is 369. The minimum absolute atomic E-state index is 0.322. The highest BCUT2D eigenvalue weighted by atomic mass is 35.5. The van der Waals surface area contributed by atoms with Gasteiger partial charge in [-0.2, -0.15) is 0 Å². The molecule has 1 saturated carbocycles. The summed E-state index contributed by atoms with van der Waals surface area (Å²) in [5.74, 6) is 0. The van der Waals surface area contributed by atoms with Gasteiger partial charge in [0.2, 0.25) is 0 Å². The van der Waals surface area contributed by atoms with E-state index in [1.807, 2.05) is 13.1 Å². The van der Waals surface area contributed by atoms with Gasteiger partial charge in [0.1, 0.15) is 0 Å². The van der Waals surface area contributed by atoms with Crippen molar-refractivity contribution >= 4 is 34.5 Å². The van der Waals surface area contributed by atoms with Crippen LogP contribution in [0.3, 0.4) is 0 Å². The molecule has 2 rings (SSSR count). The third-order valence-electron chi connectivity index (χ3n) is 3.73. The molecule has 1 N–H and O–H groups in total. The molecule has 1 aliphatic rings. The molecule has 4 heteroatoms. The highest BCUT2D eigenvalue weighted by molar-refractivity contribution is 7.20. The van der Waals surface area contributed by atoms with Gasteiger partial charge in [-0.05, 0) is 31.4 Å². The third kappa shape index (κ3) is 2.26. The van der Waals surface area contributed by atoms with E-state index in [0.29, 0.717) is 11.5 Å². The van der Waals surface area contributed by atoms with Crippen molar-refractivity contribution in [3.63, 3.8) is 0 Å². The van der Waals surface area contributed by atoms with E-state index in [2.05, 4.69) is 12.2 Å². The van der Waals surface area contributed by atoms with E-state index in [1.165, 1.54) is 42.6 Å². The second kappa shape index (κ2) is 4.85. The molecule has 1 aromatic rings. The molecular weight excluding hydrogens is 261 g/mol. The van der Waals surface area contributed by atoms with E-state index < -0.39 is 0 Å². The number of hydrogen-bond donors (Lipinski definition) is 1. The van der Waals surface area contributed by atoms with Crippen molar-refractivity contribution < 1.29 is 0 Å².